The molecule has 16 nitrogen and oxygen atoms in total. The second kappa shape index (κ2) is 41.6. The van der Waals surface area contributed by atoms with Crippen molar-refractivity contribution >= 4 is 145 Å². The molecule has 0 radical (unpaired) electrons. The van der Waals surface area contributed by atoms with E-state index in [-0.39, 0.29) is 113 Å². The molecule has 0 spiro atoms. The first-order chi connectivity index (χ1) is 41.5. The van der Waals surface area contributed by atoms with E-state index in [1.165, 1.54) is 77.4 Å². The Morgan fingerprint density at radius 2 is 0.875 bits per heavy atom. The topological polar surface area (TPSA) is 237 Å². The van der Waals surface area contributed by atoms with Gasteiger partial charge in [-0.25, -0.2) is 4.67 Å². The van der Waals surface area contributed by atoms with Crippen LogP contribution < -0.4 is 76.5 Å². The van der Waals surface area contributed by atoms with E-state index in [4.69, 9.17) is 43.1 Å². The molecule has 22 heteroatoms. The van der Waals surface area contributed by atoms with Crippen LogP contribution >= 0.6 is 24.2 Å². The first-order valence-corrected chi connectivity index (χ1v) is 46.0. The van der Waals surface area contributed by atoms with E-state index < -0.39 is 26.6 Å². The summed E-state index contributed by atoms with van der Waals surface area (Å²) in [7, 11) is -1.94. The molecule has 0 fully saturated rings. The molecule has 0 heterocycles. The summed E-state index contributed by atoms with van der Waals surface area (Å²) in [6.45, 7) is 11.9. The number of benzene rings is 8. The Morgan fingerprint density at radius 1 is 0.523 bits per heavy atom. The number of halogens is 1. The van der Waals surface area contributed by atoms with Crippen molar-refractivity contribution in [1.29, 1.82) is 0 Å². The van der Waals surface area contributed by atoms with Crippen LogP contribution in [0, 0.1) is 0 Å². The van der Waals surface area contributed by atoms with Gasteiger partial charge >= 0.3 is 154 Å². The fourth-order valence-electron chi connectivity index (χ4n) is 8.79. The molecular formula is C66H70BBrK3O16P. The van der Waals surface area contributed by atoms with Crippen molar-refractivity contribution < 1.29 is 128 Å². The van der Waals surface area contributed by atoms with Gasteiger partial charge in [-0.3, -0.25) is 19.2 Å². The van der Waals surface area contributed by atoms with Crippen LogP contribution in [0.2, 0.25) is 0 Å². The Bertz CT molecular complexity index is 3440. The van der Waals surface area contributed by atoms with Crippen LogP contribution in [0.5, 0.6) is 11.5 Å². The first kappa shape index (κ1) is 79.4. The molecule has 0 aromatic heterocycles. The molecule has 0 saturated carbocycles. The van der Waals surface area contributed by atoms with Crippen LogP contribution in [0.15, 0.2) is 186 Å². The van der Waals surface area contributed by atoms with E-state index in [9.17, 15) is 29.2 Å². The number of hydrogen-bond donors (Lipinski definition) is 2. The number of fused-ring (bicyclic) bond motifs is 2. The monoisotopic (exact) mass is 1360 g/mol. The zero-order valence-corrected chi connectivity index (χ0v) is 63.6. The van der Waals surface area contributed by atoms with Gasteiger partial charge in [0, 0.05) is 27.1 Å². The molecule has 8 aromatic carbocycles. The maximum absolute atomic E-state index is 12.5. The summed E-state index contributed by atoms with van der Waals surface area (Å²) in [4.78, 5) is 57.0. The molecule has 0 saturated heterocycles. The van der Waals surface area contributed by atoms with Crippen LogP contribution in [0.25, 0.3) is 32.7 Å². The summed E-state index contributed by atoms with van der Waals surface area (Å²) < 4.78 is 44.7. The molecule has 3 atom stereocenters. The average molecular weight is 1360 g/mol. The Labute approximate surface area is 612 Å². The van der Waals surface area contributed by atoms with E-state index in [0.717, 1.165) is 70.9 Å². The second-order valence-corrected chi connectivity index (χ2v) is 22.8. The quantitative estimate of drug-likeness (QED) is 0.0195. The van der Waals surface area contributed by atoms with E-state index in [0.29, 0.717) is 18.7 Å². The number of methoxy groups -OCH3 is 2. The van der Waals surface area contributed by atoms with Gasteiger partial charge in [0.05, 0.1) is 39.9 Å². The molecule has 0 aliphatic heterocycles. The SMILES string of the molecule is COC(=O)C[C@H](CC(=O)OC(C)(C)C)c1ccc(-c2ccc(OCc3ccccc3)c3ccccc23)cc1.COC(=O)C[C@H](CC(=O)OC(C)(C)C)c1ccc(Br)cc1.O=[P+]([O-])O[O-].OB(O)c1ccc(OCc2ccccc2)c2ccccc12.[K+].[K][K]. The van der Waals surface area contributed by atoms with Gasteiger partial charge in [-0.05, 0) is 120 Å². The van der Waals surface area contributed by atoms with Crippen LogP contribution in [0.4, 0.5) is 0 Å². The Morgan fingerprint density at radius 3 is 1.26 bits per heavy atom. The third kappa shape index (κ3) is 29.0. The summed E-state index contributed by atoms with van der Waals surface area (Å²) in [5, 5.41) is 31.2. The molecule has 1 unspecified atom stereocenters. The molecule has 0 amide bonds. The van der Waals surface area contributed by atoms with Crippen molar-refractivity contribution in [3.05, 3.63) is 209 Å². The van der Waals surface area contributed by atoms with Crippen molar-refractivity contribution in [3.63, 3.8) is 0 Å². The van der Waals surface area contributed by atoms with Gasteiger partial charge in [-0.2, -0.15) is 0 Å². The van der Waals surface area contributed by atoms with Crippen LogP contribution in [-0.4, -0.2) is 130 Å². The van der Waals surface area contributed by atoms with Gasteiger partial charge < -0.3 is 48.6 Å². The molecule has 2 N–H and O–H groups in total. The van der Waals surface area contributed by atoms with Crippen molar-refractivity contribution in [2.45, 2.75) is 103 Å². The fraction of sp³-hybridized carbons (Fsp3) is 0.273. The molecule has 448 valence electrons. The molecule has 8 aromatic rings. The summed E-state index contributed by atoms with van der Waals surface area (Å²) >= 11 is 5.87. The summed E-state index contributed by atoms with van der Waals surface area (Å²) in [6.07, 6.45) is 0.499. The fourth-order valence-corrected chi connectivity index (χ4v) is 9.05. The number of esters is 4. The van der Waals surface area contributed by atoms with E-state index in [1.807, 2.05) is 193 Å². The minimum atomic E-state index is -3.15. The van der Waals surface area contributed by atoms with E-state index in [1.54, 1.807) is 12.1 Å². The van der Waals surface area contributed by atoms with Gasteiger partial charge in [-0.15, -0.1) is 0 Å². The number of rotatable bonds is 19. The van der Waals surface area contributed by atoms with Gasteiger partial charge in [0.25, 0.3) is 0 Å². The van der Waals surface area contributed by atoms with Crippen LogP contribution in [0.3, 0.4) is 0 Å². The molecule has 0 aliphatic carbocycles. The molecule has 0 bridgehead atoms. The normalized spacial score (nSPS) is 11.5. The van der Waals surface area contributed by atoms with Crippen LogP contribution in [-0.2, 0) is 60.6 Å². The summed E-state index contributed by atoms with van der Waals surface area (Å²) in [6, 6.07) is 58.9. The Kier molecular flexibility index (Phi) is 37.6. The van der Waals surface area contributed by atoms with Gasteiger partial charge in [0.15, 0.2) is 0 Å². The van der Waals surface area contributed by atoms with Crippen molar-refractivity contribution in [1.82, 2.24) is 0 Å². The zero-order valence-electron chi connectivity index (χ0n) is 51.7. The van der Waals surface area contributed by atoms with E-state index in [2.05, 4.69) is 38.8 Å². The third-order valence-corrected chi connectivity index (χ3v) is 13.2. The number of hydrogen-bond acceptors (Lipinski definition) is 16. The molecule has 88 heavy (non-hydrogen) atoms. The summed E-state index contributed by atoms with van der Waals surface area (Å²) in [5.74, 6) is -0.380. The van der Waals surface area contributed by atoms with Gasteiger partial charge in [0.1, 0.15) is 35.9 Å². The second-order valence-electron chi connectivity index (χ2n) is 21.3. The number of carbonyl (C=O) groups excluding carboxylic acids is 4. The predicted octanol–water partition coefficient (Wildman–Crippen LogP) is 7.93. The molecular weight excluding hydrogens is 1290 g/mol. The van der Waals surface area contributed by atoms with Crippen LogP contribution in [0.1, 0.15) is 101 Å². The molecule has 8 rings (SSSR count). The third-order valence-electron chi connectivity index (χ3n) is 12.6. The standard InChI is InChI=1S/C33H34O5.C17H15BO3.C16H21BrO4.3K.HO4P/c1-33(2,3)38-32(35)21-26(20-31(34)36-4)24-14-16-25(17-15-24)27-18-19-30(29-13-9-8-12-28(27)29)37-22-23-10-6-5-7-11-23;19-18(20)16-10-11-17(15-9-5-4-8-14(15)16)21-12-13-6-2-1-3-7-13;1-16(2,3)21-15(19)10-12(9-14(18)20-4)11-5-7-13(17)8-6-11;;;;1-4-5(2)3/h5-19,26H,20-22H2,1-4H3;1-11,19-20H,12H2;5-8,12H,9-10H2,1-4H3;;;;1H/q;;;;;+1;/p-1/t26-;;12-;;;;/m1.1..../s1. The minimum absolute atomic E-state index is 0. The molecule has 0 aliphatic rings. The van der Waals surface area contributed by atoms with E-state index >= 15 is 0 Å². The zero-order chi connectivity index (χ0) is 64.1. The van der Waals surface area contributed by atoms with Gasteiger partial charge in [0.2, 0.25) is 0 Å². The number of ether oxygens (including phenoxy) is 6. The Balaban J connectivity index is 0.000000346. The maximum atomic E-state index is 12.5. The predicted molar refractivity (Wildman–Crippen MR) is 339 cm³/mol. The Hall–Kier alpha value is -2.89. The van der Waals surface area contributed by atoms with Gasteiger partial charge in [-0.1, -0.05) is 174 Å². The van der Waals surface area contributed by atoms with Crippen molar-refractivity contribution in [3.8, 4) is 22.6 Å². The van der Waals surface area contributed by atoms with Crippen molar-refractivity contribution in [2.75, 3.05) is 14.2 Å². The summed E-state index contributed by atoms with van der Waals surface area (Å²) in [5.41, 5.74) is 5.48. The first-order valence-electron chi connectivity index (χ1n) is 28.1. The number of carbonyl (C=O) groups is 4. The average Bonchev–Trinajstić information content (AvgIpc) is 1.80. The van der Waals surface area contributed by atoms with Crippen molar-refractivity contribution in [2.24, 2.45) is 0 Å².